The number of alkyl halides is 1. The number of nitro groups is 1. The number of nitrogens with one attached hydrogen (secondary N) is 1. The van der Waals surface area contributed by atoms with Crippen molar-refractivity contribution in [3.05, 3.63) is 50.5 Å². The molecule has 1 aromatic heterocycles. The zero-order valence-electron chi connectivity index (χ0n) is 10.2. The van der Waals surface area contributed by atoms with Gasteiger partial charge in [-0.05, 0) is 12.1 Å². The highest BCUT2D eigenvalue weighted by molar-refractivity contribution is 9.09. The van der Waals surface area contributed by atoms with Gasteiger partial charge in [-0.2, -0.15) is 0 Å². The third kappa shape index (κ3) is 3.40. The summed E-state index contributed by atoms with van der Waals surface area (Å²) in [4.78, 5) is 27.0. The lowest BCUT2D eigenvalue weighted by molar-refractivity contribution is -0.384. The van der Waals surface area contributed by atoms with Gasteiger partial charge >= 0.3 is 0 Å². The largest absolute Gasteiger partial charge is 0.375 e. The van der Waals surface area contributed by atoms with Crippen LogP contribution in [-0.4, -0.2) is 21.0 Å². The van der Waals surface area contributed by atoms with Crippen molar-refractivity contribution in [3.8, 4) is 0 Å². The number of nitrogens with zero attached hydrogens (tertiary/aromatic N) is 2. The number of hydrogen-bond donors (Lipinski definition) is 1. The molecule has 0 saturated carbocycles. The molecule has 1 N–H and O–H groups in total. The normalized spacial score (nSPS) is 10.2. The zero-order chi connectivity index (χ0) is 14.5. The van der Waals surface area contributed by atoms with E-state index >= 15 is 0 Å². The second-order valence-corrected chi connectivity index (χ2v) is 5.40. The minimum Gasteiger partial charge on any atom is -0.375 e. The van der Waals surface area contributed by atoms with E-state index in [0.717, 1.165) is 4.88 Å². The van der Waals surface area contributed by atoms with Crippen LogP contribution in [0.5, 0.6) is 0 Å². The lowest BCUT2D eigenvalue weighted by atomic mass is 10.1. The minimum atomic E-state index is -0.475. The summed E-state index contributed by atoms with van der Waals surface area (Å²) in [6.45, 7) is 0.428. The van der Waals surface area contributed by atoms with Gasteiger partial charge in [-0.1, -0.05) is 15.9 Å². The number of halogens is 1. The van der Waals surface area contributed by atoms with Crippen molar-refractivity contribution in [1.82, 2.24) is 4.98 Å². The van der Waals surface area contributed by atoms with Crippen molar-refractivity contribution < 1.29 is 9.72 Å². The molecule has 0 saturated heterocycles. The van der Waals surface area contributed by atoms with Crippen LogP contribution in [0.3, 0.4) is 0 Å². The summed E-state index contributed by atoms with van der Waals surface area (Å²) in [7, 11) is 0. The van der Waals surface area contributed by atoms with E-state index < -0.39 is 4.92 Å². The van der Waals surface area contributed by atoms with E-state index in [1.807, 2.05) is 0 Å². The number of carbonyl (C=O) groups excluding carboxylic acids is 1. The van der Waals surface area contributed by atoms with Gasteiger partial charge in [0.1, 0.15) is 5.69 Å². The molecule has 0 fully saturated rings. The van der Waals surface area contributed by atoms with Gasteiger partial charge in [0, 0.05) is 22.7 Å². The number of benzene rings is 1. The lowest BCUT2D eigenvalue weighted by Crippen LogP contribution is -2.05. The summed E-state index contributed by atoms with van der Waals surface area (Å²) in [6.07, 6.45) is 1.69. The molecule has 104 valence electrons. The Balaban J connectivity index is 2.26. The van der Waals surface area contributed by atoms with Crippen LogP contribution < -0.4 is 5.32 Å². The predicted octanol–water partition coefficient (Wildman–Crippen LogP) is 3.24. The molecule has 1 heterocycles. The maximum atomic E-state index is 11.6. The molecule has 20 heavy (non-hydrogen) atoms. The second kappa shape index (κ2) is 6.58. The average Bonchev–Trinajstić information content (AvgIpc) is 2.97. The first kappa shape index (κ1) is 14.6. The van der Waals surface area contributed by atoms with Crippen molar-refractivity contribution in [2.75, 3.05) is 10.6 Å². The number of rotatable bonds is 6. The number of ketones is 1. The topological polar surface area (TPSA) is 85.1 Å². The van der Waals surface area contributed by atoms with Crippen LogP contribution in [0.2, 0.25) is 0 Å². The van der Waals surface area contributed by atoms with E-state index in [0.29, 0.717) is 17.8 Å². The molecule has 0 radical (unpaired) electrons. The lowest BCUT2D eigenvalue weighted by Gasteiger charge is -2.07. The van der Waals surface area contributed by atoms with Crippen molar-refractivity contribution in [1.29, 1.82) is 0 Å². The Bertz CT molecular complexity index is 631. The third-order valence-corrected chi connectivity index (χ3v) is 3.86. The first-order chi connectivity index (χ1) is 9.61. The Morgan fingerprint density at radius 1 is 1.50 bits per heavy atom. The molecular weight excluding hydrogens is 346 g/mol. The fraction of sp³-hybridized carbons (Fsp3) is 0.167. The van der Waals surface area contributed by atoms with Gasteiger partial charge in [-0.25, -0.2) is 0 Å². The quantitative estimate of drug-likeness (QED) is 0.372. The van der Waals surface area contributed by atoms with E-state index in [-0.39, 0.29) is 16.8 Å². The SMILES string of the molecule is O=C(CBr)c1ccc([N+](=O)[O-])c(NCc2cncs2)c1. The maximum Gasteiger partial charge on any atom is 0.292 e. The summed E-state index contributed by atoms with van der Waals surface area (Å²) in [5.74, 6) is -0.124. The second-order valence-electron chi connectivity index (χ2n) is 3.87. The molecule has 8 heteroatoms. The van der Waals surface area contributed by atoms with Gasteiger partial charge in [0.2, 0.25) is 0 Å². The molecule has 0 aliphatic rings. The Hall–Kier alpha value is -1.80. The van der Waals surface area contributed by atoms with Crippen LogP contribution in [-0.2, 0) is 6.54 Å². The van der Waals surface area contributed by atoms with Crippen LogP contribution in [0, 0.1) is 10.1 Å². The number of Topliss-reactive ketones (excluding diaryl/α,β-unsaturated/α-hetero) is 1. The van der Waals surface area contributed by atoms with Gasteiger partial charge < -0.3 is 5.32 Å². The summed E-state index contributed by atoms with van der Waals surface area (Å²) in [6, 6.07) is 4.30. The first-order valence-corrected chi connectivity index (χ1v) is 7.60. The van der Waals surface area contributed by atoms with E-state index in [1.165, 1.54) is 29.5 Å². The molecule has 2 aromatic rings. The van der Waals surface area contributed by atoms with Crippen molar-refractivity contribution in [2.45, 2.75) is 6.54 Å². The molecule has 2 rings (SSSR count). The molecule has 0 unspecified atom stereocenters. The molecule has 0 atom stereocenters. The average molecular weight is 356 g/mol. The monoisotopic (exact) mass is 355 g/mol. The number of carbonyl (C=O) groups is 1. The third-order valence-electron chi connectivity index (χ3n) is 2.57. The highest BCUT2D eigenvalue weighted by atomic mass is 79.9. The highest BCUT2D eigenvalue weighted by Crippen LogP contribution is 2.26. The predicted molar refractivity (Wildman–Crippen MR) is 80.7 cm³/mol. The fourth-order valence-corrected chi connectivity index (χ4v) is 2.46. The Labute approximate surface area is 127 Å². The standard InChI is InChI=1S/C12H10BrN3O3S/c13-4-12(17)8-1-2-11(16(18)19)10(3-8)15-6-9-5-14-7-20-9/h1-3,5,7,15H,4,6H2. The Morgan fingerprint density at radius 2 is 2.30 bits per heavy atom. The van der Waals surface area contributed by atoms with Gasteiger partial charge in [0.25, 0.3) is 5.69 Å². The summed E-state index contributed by atoms with van der Waals surface area (Å²) in [5.41, 5.74) is 2.39. The number of thiazole rings is 1. The summed E-state index contributed by atoms with van der Waals surface area (Å²) >= 11 is 4.54. The van der Waals surface area contributed by atoms with Crippen molar-refractivity contribution in [3.63, 3.8) is 0 Å². The number of anilines is 1. The van der Waals surface area contributed by atoms with Crippen LogP contribution in [0.4, 0.5) is 11.4 Å². The molecule has 1 aromatic carbocycles. The first-order valence-electron chi connectivity index (χ1n) is 5.60. The minimum absolute atomic E-state index is 0.0550. The Morgan fingerprint density at radius 3 is 2.90 bits per heavy atom. The molecule has 0 amide bonds. The van der Waals surface area contributed by atoms with Crippen LogP contribution in [0.1, 0.15) is 15.2 Å². The fourth-order valence-electron chi connectivity index (χ4n) is 1.60. The van der Waals surface area contributed by atoms with Gasteiger partial charge in [0.05, 0.1) is 22.3 Å². The number of nitro benzene ring substituents is 1. The molecular formula is C12H10BrN3O3S. The molecule has 0 aliphatic heterocycles. The smallest absolute Gasteiger partial charge is 0.292 e. The zero-order valence-corrected chi connectivity index (χ0v) is 12.6. The molecule has 0 spiro atoms. The van der Waals surface area contributed by atoms with Crippen LogP contribution in [0.25, 0.3) is 0 Å². The molecule has 6 nitrogen and oxygen atoms in total. The summed E-state index contributed by atoms with van der Waals surface area (Å²) in [5, 5.41) is 14.2. The van der Waals surface area contributed by atoms with Crippen molar-refractivity contribution in [2.24, 2.45) is 0 Å². The van der Waals surface area contributed by atoms with Gasteiger partial charge in [-0.3, -0.25) is 19.9 Å². The molecule has 0 bridgehead atoms. The van der Waals surface area contributed by atoms with Crippen LogP contribution in [0.15, 0.2) is 29.9 Å². The van der Waals surface area contributed by atoms with E-state index in [1.54, 1.807) is 11.7 Å². The van der Waals surface area contributed by atoms with E-state index in [4.69, 9.17) is 0 Å². The van der Waals surface area contributed by atoms with Gasteiger partial charge in [0.15, 0.2) is 5.78 Å². The molecule has 0 aliphatic carbocycles. The number of hydrogen-bond acceptors (Lipinski definition) is 6. The van der Waals surface area contributed by atoms with E-state index in [2.05, 4.69) is 26.2 Å². The summed E-state index contributed by atoms with van der Waals surface area (Å²) < 4.78 is 0. The van der Waals surface area contributed by atoms with E-state index in [9.17, 15) is 14.9 Å². The van der Waals surface area contributed by atoms with Crippen LogP contribution >= 0.6 is 27.3 Å². The number of aromatic nitrogens is 1. The highest BCUT2D eigenvalue weighted by Gasteiger charge is 2.16. The maximum absolute atomic E-state index is 11.6. The van der Waals surface area contributed by atoms with Crippen molar-refractivity contribution >= 4 is 44.4 Å². The van der Waals surface area contributed by atoms with Gasteiger partial charge in [-0.15, -0.1) is 11.3 Å². The Kier molecular flexibility index (Phi) is 4.80.